The predicted octanol–water partition coefficient (Wildman–Crippen LogP) is 0.550. The summed E-state index contributed by atoms with van der Waals surface area (Å²) in [6.07, 6.45) is 1.06. The fourth-order valence-electron chi connectivity index (χ4n) is 1.69. The predicted molar refractivity (Wildman–Crippen MR) is 53.6 cm³/mol. The number of hydrogen-bond acceptors (Lipinski definition) is 5. The lowest BCUT2D eigenvalue weighted by molar-refractivity contribution is -0.673. The Morgan fingerprint density at radius 2 is 2.12 bits per heavy atom. The molecule has 88 valence electrons. The van der Waals surface area contributed by atoms with Crippen LogP contribution >= 0.6 is 0 Å². The van der Waals surface area contributed by atoms with Gasteiger partial charge in [-0.15, -0.1) is 0 Å². The second-order valence-electron chi connectivity index (χ2n) is 3.67. The molecule has 0 radical (unpaired) electrons. The topological polar surface area (TPSA) is 96.1 Å². The molecule has 2 rings (SSSR count). The summed E-state index contributed by atoms with van der Waals surface area (Å²) in [7, 11) is 0. The van der Waals surface area contributed by atoms with Crippen molar-refractivity contribution in [1.29, 1.82) is 0 Å². The number of aryl methyl sites for hydroxylation is 2. The van der Waals surface area contributed by atoms with Gasteiger partial charge in [-0.25, -0.2) is 0 Å². The second kappa shape index (κ2) is 3.85. The van der Waals surface area contributed by atoms with Crippen molar-refractivity contribution < 1.29 is 19.2 Å². The number of rotatable bonds is 2. The van der Waals surface area contributed by atoms with Crippen LogP contribution in [0.4, 0.5) is 5.69 Å². The molecule has 0 fully saturated rings. The van der Waals surface area contributed by atoms with Crippen molar-refractivity contribution in [2.75, 3.05) is 0 Å². The molecule has 1 aromatic carbocycles. The molecular formula is C10H9N3O4. The van der Waals surface area contributed by atoms with Crippen molar-refractivity contribution in [3.8, 4) is 11.6 Å². The van der Waals surface area contributed by atoms with Gasteiger partial charge in [0, 0.05) is 11.6 Å². The van der Waals surface area contributed by atoms with Gasteiger partial charge in [-0.05, 0) is 30.2 Å². The van der Waals surface area contributed by atoms with E-state index in [1.807, 2.05) is 0 Å². The molecule has 17 heavy (non-hydrogen) atoms. The van der Waals surface area contributed by atoms with Crippen LogP contribution in [0.3, 0.4) is 0 Å². The summed E-state index contributed by atoms with van der Waals surface area (Å²) in [6.45, 7) is 3.44. The van der Waals surface area contributed by atoms with Crippen LogP contribution in [0.2, 0.25) is 0 Å². The Balaban J connectivity index is 2.71. The molecule has 0 N–H and O–H groups in total. The zero-order valence-corrected chi connectivity index (χ0v) is 9.21. The SMILES string of the molecule is Cc1cc(C)c([N+](=O)[O-])c(-[n+]2cc([O-])on2)c1. The van der Waals surface area contributed by atoms with E-state index in [1.54, 1.807) is 26.0 Å². The highest BCUT2D eigenvalue weighted by Gasteiger charge is 2.27. The number of benzene rings is 1. The molecule has 1 aromatic heterocycles. The Bertz CT molecular complexity index is 591. The van der Waals surface area contributed by atoms with Crippen molar-refractivity contribution in [2.45, 2.75) is 13.8 Å². The third kappa shape index (κ3) is 1.94. The molecule has 7 nitrogen and oxygen atoms in total. The van der Waals surface area contributed by atoms with Crippen molar-refractivity contribution in [3.05, 3.63) is 39.6 Å². The van der Waals surface area contributed by atoms with Crippen LogP contribution in [0.1, 0.15) is 11.1 Å². The van der Waals surface area contributed by atoms with Gasteiger partial charge in [-0.3, -0.25) is 10.1 Å². The average Bonchev–Trinajstić information content (AvgIpc) is 2.62. The maximum Gasteiger partial charge on any atom is 0.345 e. The lowest BCUT2D eigenvalue weighted by Crippen LogP contribution is -2.32. The molecule has 0 aliphatic heterocycles. The standard InChI is InChI=1S/C10H9N3O4/c1-6-3-7(2)10(13(15)16)8(4-6)12-5-9(14)17-11-12/h3-5H,1-2H3. The molecule has 7 heteroatoms. The molecule has 0 atom stereocenters. The molecule has 0 amide bonds. The van der Waals surface area contributed by atoms with E-state index < -0.39 is 10.9 Å². The monoisotopic (exact) mass is 235 g/mol. The van der Waals surface area contributed by atoms with Crippen LogP contribution in [0.25, 0.3) is 5.69 Å². The van der Waals surface area contributed by atoms with Crippen LogP contribution in [-0.4, -0.2) is 10.2 Å². The summed E-state index contributed by atoms with van der Waals surface area (Å²) in [6, 6.07) is 3.27. The van der Waals surface area contributed by atoms with Gasteiger partial charge in [0.05, 0.1) is 10.2 Å². The maximum absolute atomic E-state index is 11.0. The summed E-state index contributed by atoms with van der Waals surface area (Å²) in [5, 5.41) is 25.3. The van der Waals surface area contributed by atoms with Gasteiger partial charge in [0.25, 0.3) is 0 Å². The van der Waals surface area contributed by atoms with E-state index >= 15 is 0 Å². The molecule has 0 aliphatic rings. The zero-order valence-electron chi connectivity index (χ0n) is 9.21. The number of nitrogens with zero attached hydrogens (tertiary/aromatic N) is 3. The lowest BCUT2D eigenvalue weighted by atomic mass is 10.1. The normalized spacial score (nSPS) is 10.5. The fraction of sp³-hybridized carbons (Fsp3) is 0.200. The summed E-state index contributed by atoms with van der Waals surface area (Å²) in [5.74, 6) is -0.654. The third-order valence-electron chi connectivity index (χ3n) is 2.30. The van der Waals surface area contributed by atoms with Gasteiger partial charge in [0.15, 0.2) is 0 Å². The Hall–Kier alpha value is -2.44. The first kappa shape index (κ1) is 11.1. The van der Waals surface area contributed by atoms with Gasteiger partial charge in [-0.2, -0.15) is 0 Å². The van der Waals surface area contributed by atoms with E-state index in [0.717, 1.165) is 16.4 Å². The van der Waals surface area contributed by atoms with Crippen LogP contribution in [0, 0.1) is 24.0 Å². The van der Waals surface area contributed by atoms with Gasteiger partial charge >= 0.3 is 11.4 Å². The highest BCUT2D eigenvalue weighted by Crippen LogP contribution is 2.25. The maximum atomic E-state index is 11.0. The van der Waals surface area contributed by atoms with Crippen LogP contribution < -0.4 is 9.79 Å². The number of hydrogen-bond donors (Lipinski definition) is 0. The fourth-order valence-corrected chi connectivity index (χ4v) is 1.69. The van der Waals surface area contributed by atoms with Crippen LogP contribution in [0.15, 0.2) is 22.9 Å². The van der Waals surface area contributed by atoms with Gasteiger partial charge in [0.1, 0.15) is 5.95 Å². The second-order valence-corrected chi connectivity index (χ2v) is 3.67. The molecular weight excluding hydrogens is 226 g/mol. The first-order chi connectivity index (χ1) is 7.99. The van der Waals surface area contributed by atoms with Gasteiger partial charge in [-0.1, -0.05) is 0 Å². The van der Waals surface area contributed by atoms with E-state index in [9.17, 15) is 15.2 Å². The molecule has 0 spiro atoms. The number of nitro groups is 1. The van der Waals surface area contributed by atoms with Crippen molar-refractivity contribution in [2.24, 2.45) is 0 Å². The van der Waals surface area contributed by atoms with Gasteiger partial charge < -0.3 is 9.63 Å². The largest absolute Gasteiger partial charge is 0.539 e. The molecule has 0 aliphatic carbocycles. The molecule has 0 unspecified atom stereocenters. The average molecular weight is 235 g/mol. The highest BCUT2D eigenvalue weighted by molar-refractivity contribution is 5.54. The number of nitro benzene ring substituents is 1. The van der Waals surface area contributed by atoms with Crippen molar-refractivity contribution >= 4 is 5.69 Å². The van der Waals surface area contributed by atoms with Crippen molar-refractivity contribution in [1.82, 2.24) is 5.27 Å². The van der Waals surface area contributed by atoms with E-state index in [2.05, 4.69) is 9.79 Å². The van der Waals surface area contributed by atoms with E-state index in [1.165, 1.54) is 0 Å². The smallest absolute Gasteiger partial charge is 0.345 e. The molecule has 0 saturated carbocycles. The molecule has 0 bridgehead atoms. The molecule has 2 aromatic rings. The first-order valence-corrected chi connectivity index (χ1v) is 4.80. The third-order valence-corrected chi connectivity index (χ3v) is 2.30. The molecule has 0 saturated heterocycles. The Kier molecular flexibility index (Phi) is 2.51. The summed E-state index contributed by atoms with van der Waals surface area (Å²) < 4.78 is 5.44. The Morgan fingerprint density at radius 1 is 1.41 bits per heavy atom. The van der Waals surface area contributed by atoms with E-state index in [0.29, 0.717) is 5.56 Å². The molecule has 1 heterocycles. The minimum atomic E-state index is -0.654. The Labute approximate surface area is 96.0 Å². The minimum Gasteiger partial charge on any atom is -0.539 e. The van der Waals surface area contributed by atoms with E-state index in [4.69, 9.17) is 0 Å². The van der Waals surface area contributed by atoms with Crippen molar-refractivity contribution in [3.63, 3.8) is 0 Å². The first-order valence-electron chi connectivity index (χ1n) is 4.80. The van der Waals surface area contributed by atoms with Gasteiger partial charge in [0.2, 0.25) is 6.20 Å². The van der Waals surface area contributed by atoms with Crippen LogP contribution in [0.5, 0.6) is 5.95 Å². The highest BCUT2D eigenvalue weighted by atomic mass is 16.6. The summed E-state index contributed by atoms with van der Waals surface area (Å²) in [4.78, 5) is 10.5. The van der Waals surface area contributed by atoms with Crippen LogP contribution in [-0.2, 0) is 0 Å². The summed E-state index contributed by atoms with van der Waals surface area (Å²) in [5.41, 5.74) is 1.48. The quantitative estimate of drug-likeness (QED) is 0.430. The number of aromatic nitrogens is 2. The minimum absolute atomic E-state index is 0.0890. The van der Waals surface area contributed by atoms with E-state index in [-0.39, 0.29) is 11.4 Å². The zero-order chi connectivity index (χ0) is 12.6. The summed E-state index contributed by atoms with van der Waals surface area (Å²) >= 11 is 0. The Morgan fingerprint density at radius 3 is 2.65 bits per heavy atom. The lowest BCUT2D eigenvalue weighted by Gasteiger charge is -1.99.